The second kappa shape index (κ2) is 8.10. The van der Waals surface area contributed by atoms with E-state index in [0.717, 1.165) is 18.6 Å². The van der Waals surface area contributed by atoms with Crippen molar-refractivity contribution in [2.75, 3.05) is 31.7 Å². The molecule has 0 bridgehead atoms. The maximum Gasteiger partial charge on any atom is 0.287 e. The molecule has 1 saturated heterocycles. The third-order valence-corrected chi connectivity index (χ3v) is 5.29. The zero-order valence-corrected chi connectivity index (χ0v) is 15.9. The zero-order chi connectivity index (χ0) is 18.6. The molecule has 6 nitrogen and oxygen atoms in total. The zero-order valence-electron chi connectivity index (χ0n) is 15.1. The first-order valence-electron chi connectivity index (χ1n) is 8.82. The van der Waals surface area contributed by atoms with Crippen LogP contribution in [0.3, 0.4) is 0 Å². The van der Waals surface area contributed by atoms with Gasteiger partial charge in [0.1, 0.15) is 10.8 Å². The van der Waals surface area contributed by atoms with Crippen molar-refractivity contribution in [3.8, 4) is 5.75 Å². The highest BCUT2D eigenvalue weighted by Gasteiger charge is 2.34. The summed E-state index contributed by atoms with van der Waals surface area (Å²) >= 11 is 6.19. The highest BCUT2D eigenvalue weighted by Crippen LogP contribution is 2.36. The van der Waals surface area contributed by atoms with Crippen LogP contribution in [0.5, 0.6) is 5.75 Å². The first kappa shape index (κ1) is 18.7. The molecule has 1 aromatic heterocycles. The van der Waals surface area contributed by atoms with Gasteiger partial charge in [0.15, 0.2) is 0 Å². The average molecular weight is 378 g/mol. The van der Waals surface area contributed by atoms with Crippen LogP contribution < -0.4 is 15.6 Å². The first-order valence-corrected chi connectivity index (χ1v) is 9.20. The van der Waals surface area contributed by atoms with Crippen molar-refractivity contribution in [2.24, 2.45) is 7.05 Å². The summed E-state index contributed by atoms with van der Waals surface area (Å²) in [5.41, 5.74) is 1.39. The minimum atomic E-state index is -0.307. The van der Waals surface area contributed by atoms with E-state index in [1.165, 1.54) is 10.2 Å². The molecule has 1 aliphatic rings. The number of nitrogens with zero attached hydrogens (tertiary/aromatic N) is 2. The molecule has 140 valence electrons. The van der Waals surface area contributed by atoms with E-state index < -0.39 is 0 Å². The van der Waals surface area contributed by atoms with Crippen LogP contribution >= 0.6 is 11.6 Å². The largest absolute Gasteiger partial charge is 0.494 e. The Labute approximate surface area is 158 Å². The quantitative estimate of drug-likeness (QED) is 0.838. The van der Waals surface area contributed by atoms with E-state index in [2.05, 4.69) is 22.5 Å². The average Bonchev–Trinajstić information content (AvgIpc) is 2.67. The highest BCUT2D eigenvalue weighted by atomic mass is 35.5. The van der Waals surface area contributed by atoms with Gasteiger partial charge in [-0.05, 0) is 37.5 Å². The number of benzene rings is 1. The molecule has 7 heteroatoms. The summed E-state index contributed by atoms with van der Waals surface area (Å²) in [4.78, 5) is 12.0. The van der Waals surface area contributed by atoms with Gasteiger partial charge in [0.25, 0.3) is 5.56 Å². The van der Waals surface area contributed by atoms with E-state index in [-0.39, 0.29) is 16.0 Å². The van der Waals surface area contributed by atoms with Crippen LogP contribution in [0, 0.1) is 0 Å². The minimum Gasteiger partial charge on any atom is -0.494 e. The number of rotatable bonds is 6. The monoisotopic (exact) mass is 377 g/mol. The molecule has 1 N–H and O–H groups in total. The van der Waals surface area contributed by atoms with Crippen LogP contribution in [0.2, 0.25) is 5.02 Å². The standard InChI is InChI=1S/C19H24ClN3O3/c1-3-26-15-6-4-14(5-7-15)19(8-10-25-11-9-19)13-21-16-12-22-23(2)18(24)17(16)20/h4-7,12,21H,3,8-11,13H2,1-2H3. The second-order valence-electron chi connectivity index (χ2n) is 6.50. The first-order chi connectivity index (χ1) is 12.6. The van der Waals surface area contributed by atoms with Gasteiger partial charge in [-0.25, -0.2) is 4.68 Å². The molecule has 26 heavy (non-hydrogen) atoms. The fraction of sp³-hybridized carbons (Fsp3) is 0.474. The predicted octanol–water partition coefficient (Wildman–Crippen LogP) is 2.99. The lowest BCUT2D eigenvalue weighted by molar-refractivity contribution is 0.0544. The highest BCUT2D eigenvalue weighted by molar-refractivity contribution is 6.32. The maximum absolute atomic E-state index is 12.0. The number of aromatic nitrogens is 2. The molecular formula is C19H24ClN3O3. The minimum absolute atomic E-state index is 0.0899. The Morgan fingerprint density at radius 2 is 2.00 bits per heavy atom. The van der Waals surface area contributed by atoms with Gasteiger partial charge in [0.05, 0.1) is 18.5 Å². The maximum atomic E-state index is 12.0. The number of ether oxygens (including phenoxy) is 2. The lowest BCUT2D eigenvalue weighted by Gasteiger charge is -2.38. The van der Waals surface area contributed by atoms with Crippen molar-refractivity contribution in [3.63, 3.8) is 0 Å². The van der Waals surface area contributed by atoms with E-state index in [4.69, 9.17) is 21.1 Å². The molecular weight excluding hydrogens is 354 g/mol. The van der Waals surface area contributed by atoms with Crippen LogP contribution in [0.4, 0.5) is 5.69 Å². The Hall–Kier alpha value is -2.05. The molecule has 0 saturated carbocycles. The second-order valence-corrected chi connectivity index (χ2v) is 6.88. The van der Waals surface area contributed by atoms with Crippen molar-refractivity contribution in [1.82, 2.24) is 9.78 Å². The Bertz CT molecular complexity index is 799. The number of halogens is 1. The SMILES string of the molecule is CCOc1ccc(C2(CNc3cnn(C)c(=O)c3Cl)CCOCC2)cc1. The predicted molar refractivity (Wildman–Crippen MR) is 102 cm³/mol. The van der Waals surface area contributed by atoms with E-state index in [1.807, 2.05) is 19.1 Å². The van der Waals surface area contributed by atoms with Crippen LogP contribution in [-0.4, -0.2) is 36.1 Å². The Balaban J connectivity index is 1.84. The van der Waals surface area contributed by atoms with Crippen molar-refractivity contribution in [1.29, 1.82) is 0 Å². The van der Waals surface area contributed by atoms with Crippen LogP contribution in [0.1, 0.15) is 25.3 Å². The van der Waals surface area contributed by atoms with Gasteiger partial charge in [0, 0.05) is 32.2 Å². The number of anilines is 1. The fourth-order valence-corrected chi connectivity index (χ4v) is 3.54. The molecule has 0 aliphatic carbocycles. The summed E-state index contributed by atoms with van der Waals surface area (Å²) < 4.78 is 12.3. The third-order valence-electron chi connectivity index (χ3n) is 4.92. The van der Waals surface area contributed by atoms with Gasteiger partial charge in [-0.3, -0.25) is 4.79 Å². The van der Waals surface area contributed by atoms with Crippen LogP contribution in [-0.2, 0) is 17.2 Å². The summed E-state index contributed by atoms with van der Waals surface area (Å²) in [5.74, 6) is 0.866. The number of aryl methyl sites for hydroxylation is 1. The molecule has 0 amide bonds. The van der Waals surface area contributed by atoms with E-state index in [1.54, 1.807) is 13.2 Å². The van der Waals surface area contributed by atoms with Gasteiger partial charge in [-0.1, -0.05) is 23.7 Å². The van der Waals surface area contributed by atoms with Gasteiger partial charge in [0.2, 0.25) is 0 Å². The molecule has 0 spiro atoms. The Kier molecular flexibility index (Phi) is 5.84. The van der Waals surface area contributed by atoms with Crippen LogP contribution in [0.15, 0.2) is 35.3 Å². The molecule has 1 fully saturated rings. The summed E-state index contributed by atoms with van der Waals surface area (Å²) in [6, 6.07) is 8.23. The summed E-state index contributed by atoms with van der Waals surface area (Å²) in [6.45, 7) is 4.68. The molecule has 1 aliphatic heterocycles. The van der Waals surface area contributed by atoms with Crippen molar-refractivity contribution < 1.29 is 9.47 Å². The lowest BCUT2D eigenvalue weighted by atomic mass is 9.74. The number of hydrogen-bond donors (Lipinski definition) is 1. The molecule has 0 unspecified atom stereocenters. The van der Waals surface area contributed by atoms with Gasteiger partial charge in [-0.15, -0.1) is 0 Å². The molecule has 2 heterocycles. The molecule has 1 aromatic carbocycles. The van der Waals surface area contributed by atoms with Gasteiger partial charge < -0.3 is 14.8 Å². The fourth-order valence-electron chi connectivity index (χ4n) is 3.30. The Morgan fingerprint density at radius 1 is 1.31 bits per heavy atom. The number of hydrogen-bond acceptors (Lipinski definition) is 5. The number of nitrogens with one attached hydrogen (secondary N) is 1. The molecule has 3 rings (SSSR count). The van der Waals surface area contributed by atoms with Crippen molar-refractivity contribution >= 4 is 17.3 Å². The van der Waals surface area contributed by atoms with E-state index >= 15 is 0 Å². The normalized spacial score (nSPS) is 16.3. The lowest BCUT2D eigenvalue weighted by Crippen LogP contribution is -2.40. The van der Waals surface area contributed by atoms with Crippen molar-refractivity contribution in [2.45, 2.75) is 25.2 Å². The van der Waals surface area contributed by atoms with E-state index in [9.17, 15) is 4.79 Å². The molecule has 2 aromatic rings. The smallest absolute Gasteiger partial charge is 0.287 e. The van der Waals surface area contributed by atoms with E-state index in [0.29, 0.717) is 32.1 Å². The van der Waals surface area contributed by atoms with Crippen molar-refractivity contribution in [3.05, 3.63) is 51.4 Å². The summed E-state index contributed by atoms with van der Waals surface area (Å²) in [6.07, 6.45) is 3.38. The summed E-state index contributed by atoms with van der Waals surface area (Å²) in [5, 5.41) is 7.55. The summed E-state index contributed by atoms with van der Waals surface area (Å²) in [7, 11) is 1.58. The van der Waals surface area contributed by atoms with Gasteiger partial charge >= 0.3 is 0 Å². The topological polar surface area (TPSA) is 65.4 Å². The molecule has 0 atom stereocenters. The van der Waals surface area contributed by atoms with Crippen LogP contribution in [0.25, 0.3) is 0 Å². The van der Waals surface area contributed by atoms with Gasteiger partial charge in [-0.2, -0.15) is 5.10 Å². The third kappa shape index (κ3) is 3.86. The molecule has 0 radical (unpaired) electrons. The Morgan fingerprint density at radius 3 is 2.65 bits per heavy atom.